The van der Waals surface area contributed by atoms with E-state index in [0.29, 0.717) is 13.1 Å². The fourth-order valence-corrected chi connectivity index (χ4v) is 9.97. The van der Waals surface area contributed by atoms with E-state index in [0.717, 1.165) is 23.0 Å². The smallest absolute Gasteiger partial charge is 0.248 e. The van der Waals surface area contributed by atoms with Gasteiger partial charge in [0.15, 0.2) is 0 Å². The average Bonchev–Trinajstić information content (AvgIpc) is 3.75. The van der Waals surface area contributed by atoms with Crippen LogP contribution in [0.3, 0.4) is 0 Å². The molecule has 3 aromatic rings. The highest BCUT2D eigenvalue weighted by molar-refractivity contribution is 8.02. The summed E-state index contributed by atoms with van der Waals surface area (Å²) in [5.74, 6) is -1.80. The molecule has 3 unspecified atom stereocenters. The number of amides is 3. The molecule has 3 saturated heterocycles. The lowest BCUT2D eigenvalue weighted by Gasteiger charge is -2.41. The van der Waals surface area contributed by atoms with Crippen LogP contribution in [0.2, 0.25) is 0 Å². The third-order valence-corrected chi connectivity index (χ3v) is 11.4. The Morgan fingerprint density at radius 3 is 2.50 bits per heavy atom. The zero-order chi connectivity index (χ0) is 31.0. The Morgan fingerprint density at radius 1 is 1.07 bits per heavy atom. The van der Waals surface area contributed by atoms with E-state index in [1.165, 1.54) is 4.90 Å². The Kier molecular flexibility index (Phi) is 8.34. The molecule has 3 aliphatic heterocycles. The van der Waals surface area contributed by atoms with Gasteiger partial charge in [-0.25, -0.2) is 4.68 Å². The lowest BCUT2D eigenvalue weighted by atomic mass is 9.65. The van der Waals surface area contributed by atoms with Crippen LogP contribution in [-0.4, -0.2) is 94.8 Å². The molecule has 1 aromatic heterocycles. The normalized spacial score (nSPS) is 27.0. The number of fused-ring (bicyclic) bond motifs is 2. The van der Waals surface area contributed by atoms with Crippen LogP contribution in [0.5, 0.6) is 0 Å². The predicted octanol–water partition coefficient (Wildman–Crippen LogP) is 2.95. The van der Waals surface area contributed by atoms with Gasteiger partial charge in [0.2, 0.25) is 17.7 Å². The van der Waals surface area contributed by atoms with Crippen molar-refractivity contribution >= 4 is 40.5 Å². The van der Waals surface area contributed by atoms with Gasteiger partial charge in [-0.2, -0.15) is 0 Å². The van der Waals surface area contributed by atoms with Crippen molar-refractivity contribution in [3.8, 4) is 0 Å². The summed E-state index contributed by atoms with van der Waals surface area (Å²) in [6, 6.07) is 16.5. The Labute approximate surface area is 261 Å². The van der Waals surface area contributed by atoms with Crippen molar-refractivity contribution in [3.05, 3.63) is 85.5 Å². The van der Waals surface area contributed by atoms with Crippen LogP contribution in [0, 0.1) is 17.8 Å². The minimum absolute atomic E-state index is 0.00732. The van der Waals surface area contributed by atoms with Gasteiger partial charge in [-0.05, 0) is 30.0 Å². The second kappa shape index (κ2) is 12.2. The van der Waals surface area contributed by atoms with E-state index in [2.05, 4.69) is 30.4 Å². The van der Waals surface area contributed by atoms with Crippen molar-refractivity contribution in [2.45, 2.75) is 42.6 Å². The molecular weight excluding hydrogens is 576 g/mol. The molecule has 2 aromatic carbocycles. The number of aliphatic hydroxyl groups excluding tert-OH is 1. The zero-order valence-corrected chi connectivity index (χ0v) is 25.7. The van der Waals surface area contributed by atoms with Crippen molar-refractivity contribution in [2.75, 3.05) is 26.2 Å². The molecule has 0 aliphatic carbocycles. The summed E-state index contributed by atoms with van der Waals surface area (Å²) < 4.78 is 0.871. The first-order valence-electron chi connectivity index (χ1n) is 15.1. The van der Waals surface area contributed by atoms with E-state index in [1.54, 1.807) is 38.4 Å². The van der Waals surface area contributed by atoms with Gasteiger partial charge < -0.3 is 19.8 Å². The van der Waals surface area contributed by atoms with Gasteiger partial charge in [-0.1, -0.05) is 66.8 Å². The molecule has 2 bridgehead atoms. The molecule has 3 fully saturated rings. The van der Waals surface area contributed by atoms with Crippen LogP contribution in [0.15, 0.2) is 79.9 Å². The van der Waals surface area contributed by atoms with E-state index >= 15 is 0 Å². The largest absolute Gasteiger partial charge is 0.395 e. The molecule has 0 radical (unpaired) electrons. The van der Waals surface area contributed by atoms with Crippen LogP contribution in [0.1, 0.15) is 18.9 Å². The Morgan fingerprint density at radius 2 is 1.77 bits per heavy atom. The molecule has 11 heteroatoms. The summed E-state index contributed by atoms with van der Waals surface area (Å²) in [5.41, 5.74) is 2.50. The van der Waals surface area contributed by atoms with Gasteiger partial charge in [0.25, 0.3) is 0 Å². The minimum Gasteiger partial charge on any atom is -0.395 e. The average molecular weight is 615 g/mol. The second-order valence-corrected chi connectivity index (χ2v) is 13.4. The lowest BCUT2D eigenvalue weighted by molar-refractivity contribution is -0.145. The topological polar surface area (TPSA) is 112 Å². The maximum Gasteiger partial charge on any atom is 0.248 e. The maximum atomic E-state index is 14.7. The number of para-hydroxylation sites is 1. The number of thioether (sulfide) groups is 1. The third-order valence-electron chi connectivity index (χ3n) is 9.37. The Balaban J connectivity index is 1.35. The van der Waals surface area contributed by atoms with Crippen molar-refractivity contribution in [2.24, 2.45) is 17.8 Å². The predicted molar refractivity (Wildman–Crippen MR) is 169 cm³/mol. The summed E-state index contributed by atoms with van der Waals surface area (Å²) in [4.78, 5) is 48.3. The van der Waals surface area contributed by atoms with Gasteiger partial charge in [-0.3, -0.25) is 14.4 Å². The summed E-state index contributed by atoms with van der Waals surface area (Å²) in [7, 11) is 0. The Bertz CT molecular complexity index is 1580. The molecule has 3 amide bonds. The molecule has 3 aliphatic rings. The summed E-state index contributed by atoms with van der Waals surface area (Å²) in [6.07, 6.45) is 4.09. The van der Waals surface area contributed by atoms with E-state index < -0.39 is 22.6 Å². The van der Waals surface area contributed by atoms with Gasteiger partial charge in [-0.15, -0.1) is 30.0 Å². The highest BCUT2D eigenvalue weighted by Gasteiger charge is 2.76. The SMILES string of the molecule is C=CCN(Cn1nnc2ccccc21)C(=O)C1N(CCO)C(=O)[C@@H]2[C@@H](C(=O)N(CC=C)Cc3ccccc3)[C@H]3CC(C)C12S3. The molecule has 6 rings (SSSR count). The molecule has 6 atom stereocenters. The number of carbonyl (C=O) groups excluding carboxylic acids is 3. The second-order valence-electron chi connectivity index (χ2n) is 11.9. The zero-order valence-electron chi connectivity index (χ0n) is 24.9. The number of hydrogen-bond donors (Lipinski definition) is 1. The molecular formula is C33H38N6O4S. The lowest BCUT2D eigenvalue weighted by Crippen LogP contribution is -2.57. The standard InChI is InChI=1S/C33H38N6O4S/c1-4-15-36(20-23-11-7-6-8-12-23)30(41)27-26-19-22(3)33(44-26)28(27)31(42)38(17-18-40)29(33)32(43)37(16-5-2)21-39-25-14-10-9-13-24(25)34-35-39/h4-14,22,26-29,40H,1-2,15-21H2,3H3/t22?,26-,27+,28+,29?,33?/m1/s1. The monoisotopic (exact) mass is 614 g/mol. The van der Waals surface area contributed by atoms with Crippen LogP contribution in [-0.2, 0) is 27.6 Å². The highest BCUT2D eigenvalue weighted by Crippen LogP contribution is 2.68. The van der Waals surface area contributed by atoms with E-state index in [1.807, 2.05) is 54.6 Å². The highest BCUT2D eigenvalue weighted by atomic mass is 32.2. The number of rotatable bonds is 12. The number of aliphatic hydroxyl groups is 1. The summed E-state index contributed by atoms with van der Waals surface area (Å²) >= 11 is 1.63. The molecule has 0 saturated carbocycles. The van der Waals surface area contributed by atoms with Gasteiger partial charge in [0.1, 0.15) is 18.2 Å². The molecule has 1 N–H and O–H groups in total. The minimum atomic E-state index is -0.841. The quantitative estimate of drug-likeness (QED) is 0.312. The molecule has 44 heavy (non-hydrogen) atoms. The number of β-amino-alcohol motifs (C(OH)–C–C–N with tert-alkyl or cyclic N) is 1. The van der Waals surface area contributed by atoms with E-state index in [4.69, 9.17) is 0 Å². The Hall–Kier alpha value is -3.96. The first-order valence-corrected chi connectivity index (χ1v) is 15.9. The van der Waals surface area contributed by atoms with Gasteiger partial charge in [0.05, 0.1) is 28.7 Å². The van der Waals surface area contributed by atoms with E-state index in [9.17, 15) is 19.5 Å². The third kappa shape index (κ3) is 4.82. The number of nitrogens with zero attached hydrogens (tertiary/aromatic N) is 6. The van der Waals surface area contributed by atoms with Crippen molar-refractivity contribution in [1.82, 2.24) is 29.7 Å². The number of benzene rings is 2. The van der Waals surface area contributed by atoms with Crippen molar-refractivity contribution in [3.63, 3.8) is 0 Å². The van der Waals surface area contributed by atoms with Crippen LogP contribution >= 0.6 is 11.8 Å². The molecule has 10 nitrogen and oxygen atoms in total. The van der Waals surface area contributed by atoms with Crippen LogP contribution in [0.4, 0.5) is 0 Å². The molecule has 230 valence electrons. The fourth-order valence-electron chi connectivity index (χ4n) is 7.56. The van der Waals surface area contributed by atoms with Crippen LogP contribution < -0.4 is 0 Å². The van der Waals surface area contributed by atoms with Gasteiger partial charge >= 0.3 is 0 Å². The first-order chi connectivity index (χ1) is 21.3. The van der Waals surface area contributed by atoms with Crippen molar-refractivity contribution in [1.29, 1.82) is 0 Å². The molecule has 4 heterocycles. The maximum absolute atomic E-state index is 14.7. The number of likely N-dealkylation sites (tertiary alicyclic amines) is 1. The fraction of sp³-hybridized carbons (Fsp3) is 0.424. The first kappa shape index (κ1) is 30.1. The number of aromatic nitrogens is 3. The van der Waals surface area contributed by atoms with Gasteiger partial charge in [0, 0.05) is 31.4 Å². The summed E-state index contributed by atoms with van der Waals surface area (Å²) in [5, 5.41) is 18.5. The van der Waals surface area contributed by atoms with Crippen LogP contribution in [0.25, 0.3) is 11.0 Å². The summed E-state index contributed by atoms with van der Waals surface area (Å²) in [6.45, 7) is 10.7. The van der Waals surface area contributed by atoms with Crippen molar-refractivity contribution < 1.29 is 19.5 Å². The molecule has 1 spiro atoms. The number of carbonyl (C=O) groups is 3. The van der Waals surface area contributed by atoms with E-state index in [-0.39, 0.29) is 55.3 Å². The number of hydrogen-bond acceptors (Lipinski definition) is 7.